The molecule has 0 aliphatic rings. The standard InChI is InChI=1S/C11H16ClNO/c1-3-8(2)13-7-9-10(12)5-4-6-11(9)14/h4-6,8,13-14H,3,7H2,1-2H3. The molecule has 1 unspecified atom stereocenters. The molecule has 0 radical (unpaired) electrons. The molecular formula is C11H16ClNO. The van der Waals surface area contributed by atoms with Crippen LogP contribution in [0.1, 0.15) is 25.8 Å². The summed E-state index contributed by atoms with van der Waals surface area (Å²) in [6.07, 6.45) is 1.06. The Bertz CT molecular complexity index is 281. The molecule has 0 fully saturated rings. The quantitative estimate of drug-likeness (QED) is 0.806. The number of halogens is 1. The maximum absolute atomic E-state index is 9.55. The highest BCUT2D eigenvalue weighted by Crippen LogP contribution is 2.24. The second-order valence-electron chi connectivity index (χ2n) is 3.43. The van der Waals surface area contributed by atoms with Crippen LogP contribution in [0.25, 0.3) is 0 Å². The van der Waals surface area contributed by atoms with Crippen LogP contribution in [0, 0.1) is 0 Å². The van der Waals surface area contributed by atoms with E-state index in [2.05, 4.69) is 19.2 Å². The Morgan fingerprint density at radius 2 is 2.21 bits per heavy atom. The zero-order chi connectivity index (χ0) is 10.6. The largest absolute Gasteiger partial charge is 0.508 e. The predicted octanol–water partition coefficient (Wildman–Crippen LogP) is 2.93. The monoisotopic (exact) mass is 213 g/mol. The Morgan fingerprint density at radius 1 is 1.50 bits per heavy atom. The Balaban J connectivity index is 2.66. The molecule has 0 aliphatic heterocycles. The second kappa shape index (κ2) is 5.23. The first-order valence-electron chi connectivity index (χ1n) is 4.85. The summed E-state index contributed by atoms with van der Waals surface area (Å²) < 4.78 is 0. The molecule has 0 bridgehead atoms. The Kier molecular flexibility index (Phi) is 4.23. The van der Waals surface area contributed by atoms with Crippen molar-refractivity contribution in [1.82, 2.24) is 5.32 Å². The lowest BCUT2D eigenvalue weighted by Gasteiger charge is -2.13. The van der Waals surface area contributed by atoms with Gasteiger partial charge in [-0.25, -0.2) is 0 Å². The first-order valence-corrected chi connectivity index (χ1v) is 5.22. The van der Waals surface area contributed by atoms with E-state index in [4.69, 9.17) is 11.6 Å². The van der Waals surface area contributed by atoms with Crippen LogP contribution in [0.2, 0.25) is 5.02 Å². The van der Waals surface area contributed by atoms with E-state index in [1.165, 1.54) is 0 Å². The Labute approximate surface area is 89.9 Å². The van der Waals surface area contributed by atoms with Gasteiger partial charge >= 0.3 is 0 Å². The summed E-state index contributed by atoms with van der Waals surface area (Å²) in [5.74, 6) is 0.258. The highest BCUT2D eigenvalue weighted by Gasteiger charge is 2.06. The maximum Gasteiger partial charge on any atom is 0.121 e. The third-order valence-corrected chi connectivity index (χ3v) is 2.69. The zero-order valence-electron chi connectivity index (χ0n) is 8.55. The van der Waals surface area contributed by atoms with Crippen LogP contribution < -0.4 is 5.32 Å². The number of hydrogen-bond donors (Lipinski definition) is 2. The van der Waals surface area contributed by atoms with E-state index in [9.17, 15) is 5.11 Å². The van der Waals surface area contributed by atoms with Gasteiger partial charge in [-0.15, -0.1) is 0 Å². The van der Waals surface area contributed by atoms with Crippen molar-refractivity contribution < 1.29 is 5.11 Å². The van der Waals surface area contributed by atoms with Gasteiger partial charge in [0.1, 0.15) is 5.75 Å². The van der Waals surface area contributed by atoms with Gasteiger partial charge < -0.3 is 10.4 Å². The van der Waals surface area contributed by atoms with Crippen molar-refractivity contribution in [2.45, 2.75) is 32.9 Å². The van der Waals surface area contributed by atoms with Gasteiger partial charge in [0.05, 0.1) is 0 Å². The van der Waals surface area contributed by atoms with Gasteiger partial charge in [0.15, 0.2) is 0 Å². The molecule has 0 heterocycles. The number of phenolic OH excluding ortho intramolecular Hbond substituents is 1. The molecule has 0 aliphatic carbocycles. The van der Waals surface area contributed by atoms with Crippen LogP contribution in [0.15, 0.2) is 18.2 Å². The van der Waals surface area contributed by atoms with Crippen LogP contribution >= 0.6 is 11.6 Å². The number of aromatic hydroxyl groups is 1. The predicted molar refractivity (Wildman–Crippen MR) is 59.7 cm³/mol. The summed E-state index contributed by atoms with van der Waals surface area (Å²) in [6.45, 7) is 4.83. The summed E-state index contributed by atoms with van der Waals surface area (Å²) in [5, 5.41) is 13.5. The van der Waals surface area contributed by atoms with Crippen LogP contribution in [0.5, 0.6) is 5.75 Å². The van der Waals surface area contributed by atoms with Crippen molar-refractivity contribution in [3.8, 4) is 5.75 Å². The van der Waals surface area contributed by atoms with Gasteiger partial charge in [-0.05, 0) is 25.5 Å². The van der Waals surface area contributed by atoms with Crippen molar-refractivity contribution >= 4 is 11.6 Å². The van der Waals surface area contributed by atoms with Gasteiger partial charge in [0.25, 0.3) is 0 Å². The first kappa shape index (κ1) is 11.3. The fourth-order valence-electron chi connectivity index (χ4n) is 1.14. The third-order valence-electron chi connectivity index (χ3n) is 2.33. The molecule has 0 saturated heterocycles. The molecule has 14 heavy (non-hydrogen) atoms. The molecular weight excluding hydrogens is 198 g/mol. The van der Waals surface area contributed by atoms with Crippen LogP contribution in [0.4, 0.5) is 0 Å². The van der Waals surface area contributed by atoms with Crippen LogP contribution in [-0.4, -0.2) is 11.1 Å². The Hall–Kier alpha value is -0.730. The van der Waals surface area contributed by atoms with Gasteiger partial charge in [-0.1, -0.05) is 24.6 Å². The number of nitrogens with one attached hydrogen (secondary N) is 1. The summed E-state index contributed by atoms with van der Waals surface area (Å²) in [5.41, 5.74) is 0.773. The molecule has 1 atom stereocenters. The van der Waals surface area contributed by atoms with E-state index in [0.717, 1.165) is 12.0 Å². The Morgan fingerprint density at radius 3 is 2.79 bits per heavy atom. The minimum absolute atomic E-state index is 0.258. The lowest BCUT2D eigenvalue weighted by molar-refractivity contribution is 0.457. The average Bonchev–Trinajstić information content (AvgIpc) is 2.16. The highest BCUT2D eigenvalue weighted by atomic mass is 35.5. The van der Waals surface area contributed by atoms with Gasteiger partial charge in [-0.3, -0.25) is 0 Å². The van der Waals surface area contributed by atoms with Gasteiger partial charge in [0, 0.05) is 23.2 Å². The SMILES string of the molecule is CCC(C)NCc1c(O)cccc1Cl. The van der Waals surface area contributed by atoms with Crippen molar-refractivity contribution in [1.29, 1.82) is 0 Å². The number of rotatable bonds is 4. The van der Waals surface area contributed by atoms with Gasteiger partial charge in [0.2, 0.25) is 0 Å². The van der Waals surface area contributed by atoms with Gasteiger partial charge in [-0.2, -0.15) is 0 Å². The molecule has 1 rings (SSSR count). The fourth-order valence-corrected chi connectivity index (χ4v) is 1.38. The molecule has 3 heteroatoms. The number of phenols is 1. The van der Waals surface area contributed by atoms with E-state index >= 15 is 0 Å². The summed E-state index contributed by atoms with van der Waals surface area (Å²) in [7, 11) is 0. The molecule has 1 aromatic rings. The lowest BCUT2D eigenvalue weighted by Crippen LogP contribution is -2.24. The number of hydrogen-bond acceptors (Lipinski definition) is 2. The first-order chi connectivity index (χ1) is 6.65. The fraction of sp³-hybridized carbons (Fsp3) is 0.455. The van der Waals surface area contributed by atoms with Crippen LogP contribution in [-0.2, 0) is 6.54 Å². The van der Waals surface area contributed by atoms with Crippen molar-refractivity contribution in [3.63, 3.8) is 0 Å². The average molecular weight is 214 g/mol. The summed E-state index contributed by atoms with van der Waals surface area (Å²) >= 11 is 5.96. The number of benzene rings is 1. The molecule has 1 aromatic carbocycles. The highest BCUT2D eigenvalue weighted by molar-refractivity contribution is 6.31. The van der Waals surface area contributed by atoms with E-state index < -0.39 is 0 Å². The molecule has 2 nitrogen and oxygen atoms in total. The van der Waals surface area contributed by atoms with Crippen LogP contribution in [0.3, 0.4) is 0 Å². The smallest absolute Gasteiger partial charge is 0.121 e. The summed E-state index contributed by atoms with van der Waals surface area (Å²) in [6, 6.07) is 5.62. The lowest BCUT2D eigenvalue weighted by atomic mass is 10.2. The molecule has 0 amide bonds. The molecule has 2 N–H and O–H groups in total. The summed E-state index contributed by atoms with van der Waals surface area (Å²) in [4.78, 5) is 0. The normalized spacial score (nSPS) is 12.8. The second-order valence-corrected chi connectivity index (χ2v) is 3.83. The van der Waals surface area contributed by atoms with E-state index in [1.807, 2.05) is 0 Å². The molecule has 0 saturated carbocycles. The van der Waals surface area contributed by atoms with E-state index in [1.54, 1.807) is 18.2 Å². The van der Waals surface area contributed by atoms with E-state index in [-0.39, 0.29) is 5.75 Å². The van der Waals surface area contributed by atoms with Crippen molar-refractivity contribution in [2.24, 2.45) is 0 Å². The van der Waals surface area contributed by atoms with E-state index in [0.29, 0.717) is 17.6 Å². The zero-order valence-corrected chi connectivity index (χ0v) is 9.30. The minimum atomic E-state index is 0.258. The molecule has 0 spiro atoms. The minimum Gasteiger partial charge on any atom is -0.508 e. The van der Waals surface area contributed by atoms with Crippen molar-refractivity contribution in [2.75, 3.05) is 0 Å². The third kappa shape index (κ3) is 2.89. The maximum atomic E-state index is 9.55. The molecule has 78 valence electrons. The van der Waals surface area contributed by atoms with Crippen molar-refractivity contribution in [3.05, 3.63) is 28.8 Å². The topological polar surface area (TPSA) is 32.3 Å². The molecule has 0 aromatic heterocycles.